The van der Waals surface area contributed by atoms with E-state index in [0.29, 0.717) is 22.8 Å². The van der Waals surface area contributed by atoms with Gasteiger partial charge in [0, 0.05) is 5.41 Å². The van der Waals surface area contributed by atoms with Gasteiger partial charge in [-0.15, -0.1) is 0 Å². The van der Waals surface area contributed by atoms with Crippen LogP contribution < -0.4 is 0 Å². The van der Waals surface area contributed by atoms with Crippen LogP contribution in [0.25, 0.3) is 0 Å². The topological polar surface area (TPSA) is 37.3 Å². The summed E-state index contributed by atoms with van der Waals surface area (Å²) in [5, 5.41) is 10.9. The zero-order chi connectivity index (χ0) is 15.7. The lowest BCUT2D eigenvalue weighted by Gasteiger charge is -2.56. The van der Waals surface area contributed by atoms with Gasteiger partial charge in [-0.1, -0.05) is 31.5 Å². The number of allylic oxidation sites excluding steroid dienone is 4. The lowest BCUT2D eigenvalue weighted by Crippen LogP contribution is -2.50. The molecule has 3 fully saturated rings. The molecular formula is C19H25ClO2. The van der Waals surface area contributed by atoms with Gasteiger partial charge in [-0.05, 0) is 73.3 Å². The number of carbonyl (C=O) groups excluding carboxylic acids is 1. The number of ketones is 1. The number of fused-ring (bicyclic) bond motifs is 5. The van der Waals surface area contributed by atoms with Crippen LogP contribution in [0.1, 0.15) is 52.4 Å². The molecule has 22 heavy (non-hydrogen) atoms. The van der Waals surface area contributed by atoms with Crippen LogP contribution in [-0.4, -0.2) is 17.0 Å². The maximum Gasteiger partial charge on any atom is 0.196 e. The van der Waals surface area contributed by atoms with E-state index in [0.717, 1.165) is 38.5 Å². The minimum absolute atomic E-state index is 0.0236. The predicted octanol–water partition coefficient (Wildman–Crippen LogP) is 4.22. The highest BCUT2D eigenvalue weighted by atomic mass is 35.5. The van der Waals surface area contributed by atoms with E-state index in [2.05, 4.69) is 19.9 Å². The van der Waals surface area contributed by atoms with Gasteiger partial charge in [0.25, 0.3) is 0 Å². The maximum atomic E-state index is 11.9. The van der Waals surface area contributed by atoms with Crippen molar-refractivity contribution >= 4 is 17.4 Å². The Morgan fingerprint density at radius 2 is 1.95 bits per heavy atom. The molecule has 3 saturated carbocycles. The van der Waals surface area contributed by atoms with Crippen molar-refractivity contribution in [2.24, 2.45) is 28.6 Å². The first-order chi connectivity index (χ1) is 10.4. The van der Waals surface area contributed by atoms with Crippen LogP contribution in [0.15, 0.2) is 22.8 Å². The zero-order valence-corrected chi connectivity index (χ0v) is 14.2. The van der Waals surface area contributed by atoms with Crippen LogP contribution in [0.4, 0.5) is 0 Å². The van der Waals surface area contributed by atoms with Crippen LogP contribution >= 0.6 is 11.6 Å². The molecule has 0 aromatic rings. The second-order valence-electron chi connectivity index (χ2n) is 8.33. The number of rotatable bonds is 0. The Labute approximate surface area is 137 Å². The molecule has 0 aromatic carbocycles. The van der Waals surface area contributed by atoms with Crippen molar-refractivity contribution in [3.8, 4) is 0 Å². The van der Waals surface area contributed by atoms with Gasteiger partial charge in [-0.3, -0.25) is 4.79 Å². The fraction of sp³-hybridized carbons (Fsp3) is 0.737. The molecule has 6 atom stereocenters. The molecule has 0 bridgehead atoms. The van der Waals surface area contributed by atoms with Gasteiger partial charge in [0.2, 0.25) is 0 Å². The number of aliphatic hydroxyl groups excluding tert-OH is 1. The molecule has 0 heterocycles. The van der Waals surface area contributed by atoms with E-state index < -0.39 is 0 Å². The van der Waals surface area contributed by atoms with Gasteiger partial charge in [-0.25, -0.2) is 0 Å². The van der Waals surface area contributed by atoms with Gasteiger partial charge in [-0.2, -0.15) is 0 Å². The number of hydrogen-bond acceptors (Lipinski definition) is 2. The summed E-state index contributed by atoms with van der Waals surface area (Å²) in [5.74, 6) is 1.83. The minimum Gasteiger partial charge on any atom is -0.393 e. The van der Waals surface area contributed by atoms with Crippen LogP contribution in [0.5, 0.6) is 0 Å². The fourth-order valence-corrected chi connectivity index (χ4v) is 6.61. The van der Waals surface area contributed by atoms with E-state index in [4.69, 9.17) is 11.6 Å². The molecule has 3 heteroatoms. The molecule has 1 N–H and O–H groups in total. The van der Waals surface area contributed by atoms with Crippen molar-refractivity contribution in [2.45, 2.75) is 58.5 Å². The lowest BCUT2D eigenvalue weighted by molar-refractivity contribution is -0.111. The average Bonchev–Trinajstić information content (AvgIpc) is 2.79. The van der Waals surface area contributed by atoms with Crippen molar-refractivity contribution < 1.29 is 9.90 Å². The molecule has 0 spiro atoms. The second-order valence-corrected chi connectivity index (χ2v) is 8.70. The van der Waals surface area contributed by atoms with Crippen LogP contribution in [0, 0.1) is 28.6 Å². The maximum absolute atomic E-state index is 11.9. The summed E-state index contributed by atoms with van der Waals surface area (Å²) in [6.07, 6.45) is 10.1. The standard InChI is InChI=1S/C19H25ClO2/c1-18-10-8-15(21)17(20)14(18)4-3-11-12-5-6-16(22)19(12,2)9-7-13(11)18/h8,10-13,16,22H,3-7,9H2,1-2H3/t11-,12-,13-,16-,18+,19-/m0/s1. The average molecular weight is 321 g/mol. The van der Waals surface area contributed by atoms with Crippen LogP contribution in [-0.2, 0) is 4.79 Å². The molecule has 0 aromatic heterocycles. The third-order valence-corrected chi connectivity index (χ3v) is 8.01. The monoisotopic (exact) mass is 320 g/mol. The molecule has 0 saturated heterocycles. The van der Waals surface area contributed by atoms with E-state index in [1.54, 1.807) is 6.08 Å². The molecule has 4 aliphatic carbocycles. The molecular weight excluding hydrogens is 296 g/mol. The van der Waals surface area contributed by atoms with Crippen molar-refractivity contribution in [3.63, 3.8) is 0 Å². The summed E-state index contributed by atoms with van der Waals surface area (Å²) >= 11 is 6.36. The van der Waals surface area contributed by atoms with E-state index in [1.807, 2.05) is 0 Å². The molecule has 0 aliphatic heterocycles. The Morgan fingerprint density at radius 3 is 2.73 bits per heavy atom. The Hall–Kier alpha value is -0.600. The Morgan fingerprint density at radius 1 is 1.18 bits per heavy atom. The quantitative estimate of drug-likeness (QED) is 0.725. The van der Waals surface area contributed by atoms with Crippen molar-refractivity contribution in [3.05, 3.63) is 22.8 Å². The second kappa shape index (κ2) is 4.70. The predicted molar refractivity (Wildman–Crippen MR) is 87.4 cm³/mol. The smallest absolute Gasteiger partial charge is 0.196 e. The molecule has 0 unspecified atom stereocenters. The summed E-state index contributed by atoms with van der Waals surface area (Å²) in [6, 6.07) is 0. The molecule has 4 aliphatic rings. The van der Waals surface area contributed by atoms with Crippen molar-refractivity contribution in [1.29, 1.82) is 0 Å². The van der Waals surface area contributed by atoms with Gasteiger partial charge in [0.15, 0.2) is 5.78 Å². The van der Waals surface area contributed by atoms with E-state index in [1.165, 1.54) is 5.57 Å². The molecule has 0 radical (unpaired) electrons. The minimum atomic E-state index is -0.129. The number of carbonyl (C=O) groups is 1. The van der Waals surface area contributed by atoms with Crippen molar-refractivity contribution in [1.82, 2.24) is 0 Å². The SMILES string of the molecule is C[C@]12CC[C@H]3[C@@H](CCC4=C(Cl)C(=O)C=C[C@@]43C)[C@@H]1CC[C@@H]2O. The molecule has 120 valence electrons. The molecule has 0 amide bonds. The summed E-state index contributed by atoms with van der Waals surface area (Å²) in [6.45, 7) is 4.57. The van der Waals surface area contributed by atoms with Crippen LogP contribution in [0.3, 0.4) is 0 Å². The summed E-state index contributed by atoms with van der Waals surface area (Å²) in [7, 11) is 0. The van der Waals surface area contributed by atoms with E-state index in [9.17, 15) is 9.90 Å². The summed E-state index contributed by atoms with van der Waals surface area (Å²) < 4.78 is 0. The fourth-order valence-electron chi connectivity index (χ4n) is 6.25. The summed E-state index contributed by atoms with van der Waals surface area (Å²) in [4.78, 5) is 11.9. The van der Waals surface area contributed by atoms with E-state index in [-0.39, 0.29) is 22.7 Å². The van der Waals surface area contributed by atoms with Crippen LogP contribution in [0.2, 0.25) is 0 Å². The highest BCUT2D eigenvalue weighted by Crippen LogP contribution is 2.64. The number of hydrogen-bond donors (Lipinski definition) is 1. The lowest BCUT2D eigenvalue weighted by atomic mass is 9.48. The third-order valence-electron chi connectivity index (χ3n) is 7.60. The van der Waals surface area contributed by atoms with E-state index >= 15 is 0 Å². The van der Waals surface area contributed by atoms with Gasteiger partial charge >= 0.3 is 0 Å². The Balaban J connectivity index is 1.73. The largest absolute Gasteiger partial charge is 0.393 e. The zero-order valence-electron chi connectivity index (χ0n) is 13.4. The normalized spacial score (nSPS) is 50.6. The highest BCUT2D eigenvalue weighted by molar-refractivity contribution is 6.45. The first-order valence-electron chi connectivity index (χ1n) is 8.68. The summed E-state index contributed by atoms with van der Waals surface area (Å²) in [5.41, 5.74) is 1.23. The Bertz CT molecular complexity index is 592. The number of halogens is 1. The third kappa shape index (κ3) is 1.74. The number of aliphatic hydroxyl groups is 1. The Kier molecular flexibility index (Phi) is 3.20. The first-order valence-corrected chi connectivity index (χ1v) is 9.06. The molecule has 4 rings (SSSR count). The highest BCUT2D eigenvalue weighted by Gasteiger charge is 2.58. The van der Waals surface area contributed by atoms with Crippen molar-refractivity contribution in [2.75, 3.05) is 0 Å². The molecule has 2 nitrogen and oxygen atoms in total. The van der Waals surface area contributed by atoms with Gasteiger partial charge in [0.1, 0.15) is 0 Å². The van der Waals surface area contributed by atoms with Gasteiger partial charge < -0.3 is 5.11 Å². The van der Waals surface area contributed by atoms with Gasteiger partial charge in [0.05, 0.1) is 11.1 Å². The first kappa shape index (κ1) is 15.0.